The van der Waals surface area contributed by atoms with Gasteiger partial charge in [0.05, 0.1) is 11.7 Å². The molecule has 0 amide bonds. The lowest BCUT2D eigenvalue weighted by molar-refractivity contribution is -0.0857. The monoisotopic (exact) mass is 551 g/mol. The van der Waals surface area contributed by atoms with E-state index in [2.05, 4.69) is 24.8 Å². The summed E-state index contributed by atoms with van der Waals surface area (Å²) in [6, 6.07) is 9.09. The second-order valence-corrected chi connectivity index (χ2v) is 12.7. The molecule has 4 nitrogen and oxygen atoms in total. The average Bonchev–Trinajstić information content (AvgIpc) is 3.18. The molecule has 6 rings (SSSR count). The van der Waals surface area contributed by atoms with Crippen LogP contribution in [0.4, 0.5) is 8.78 Å². The van der Waals surface area contributed by atoms with Crippen molar-refractivity contribution >= 4 is 5.78 Å². The topological polar surface area (TPSA) is 60.8 Å². The Morgan fingerprint density at radius 2 is 1.80 bits per heavy atom. The molecule has 40 heavy (non-hydrogen) atoms. The fourth-order valence-electron chi connectivity index (χ4n) is 7.48. The Hall–Kier alpha value is -2.41. The lowest BCUT2D eigenvalue weighted by Gasteiger charge is -2.46. The van der Waals surface area contributed by atoms with E-state index in [0.717, 1.165) is 74.9 Å². The molecule has 216 valence electrons. The highest BCUT2D eigenvalue weighted by Crippen LogP contribution is 2.59. The quantitative estimate of drug-likeness (QED) is 0.327. The van der Waals surface area contributed by atoms with Gasteiger partial charge in [0, 0.05) is 23.1 Å². The molecule has 1 saturated heterocycles. The van der Waals surface area contributed by atoms with E-state index in [9.17, 15) is 23.8 Å². The minimum atomic E-state index is -1.05. The van der Waals surface area contributed by atoms with E-state index in [0.29, 0.717) is 31.4 Å². The van der Waals surface area contributed by atoms with Crippen LogP contribution in [-0.2, 0) is 6.42 Å². The number of benzene rings is 2. The van der Waals surface area contributed by atoms with Crippen LogP contribution in [0.5, 0.6) is 0 Å². The maximum absolute atomic E-state index is 14.2. The van der Waals surface area contributed by atoms with Gasteiger partial charge in [0.1, 0.15) is 0 Å². The number of rotatable bonds is 4. The van der Waals surface area contributed by atoms with E-state index in [1.807, 2.05) is 18.2 Å². The first-order chi connectivity index (χ1) is 19.1. The van der Waals surface area contributed by atoms with Crippen LogP contribution in [0.1, 0.15) is 105 Å². The Morgan fingerprint density at radius 3 is 2.55 bits per heavy atom. The van der Waals surface area contributed by atoms with Crippen LogP contribution in [-0.4, -0.2) is 52.2 Å². The third-order valence-electron chi connectivity index (χ3n) is 10.0. The highest BCUT2D eigenvalue weighted by molar-refractivity contribution is 6.10. The number of likely N-dealkylation sites (tertiary alicyclic amines) is 1. The third-order valence-corrected chi connectivity index (χ3v) is 10.0. The molecule has 2 fully saturated rings. The Morgan fingerprint density at radius 1 is 1.02 bits per heavy atom. The molecule has 4 unspecified atom stereocenters. The normalized spacial score (nSPS) is 30.0. The van der Waals surface area contributed by atoms with Gasteiger partial charge < -0.3 is 15.1 Å². The molecule has 2 bridgehead atoms. The number of allylic oxidation sites excluding steroid dienone is 2. The molecule has 2 N–H and O–H groups in total. The van der Waals surface area contributed by atoms with Crippen molar-refractivity contribution in [2.24, 2.45) is 5.41 Å². The Bertz CT molecular complexity index is 1270. The summed E-state index contributed by atoms with van der Waals surface area (Å²) in [6.45, 7) is 6.92. The van der Waals surface area contributed by atoms with Crippen molar-refractivity contribution in [1.29, 1.82) is 0 Å². The predicted molar refractivity (Wildman–Crippen MR) is 153 cm³/mol. The van der Waals surface area contributed by atoms with Crippen molar-refractivity contribution in [3.63, 3.8) is 0 Å². The highest BCUT2D eigenvalue weighted by Gasteiger charge is 2.57. The molecule has 6 heteroatoms. The van der Waals surface area contributed by atoms with Gasteiger partial charge in [-0.3, -0.25) is 4.79 Å². The molecular formula is C34H43F2NO3. The van der Waals surface area contributed by atoms with Crippen LogP contribution < -0.4 is 0 Å². The predicted octanol–water partition coefficient (Wildman–Crippen LogP) is 6.72. The molecular weight excluding hydrogens is 508 g/mol. The fourth-order valence-corrected chi connectivity index (χ4v) is 7.48. The number of aliphatic hydroxyl groups is 2. The maximum Gasteiger partial charge on any atom is 0.193 e. The van der Waals surface area contributed by atoms with Gasteiger partial charge in [-0.15, -0.1) is 0 Å². The Labute approximate surface area is 237 Å². The molecule has 0 radical (unpaired) electrons. The van der Waals surface area contributed by atoms with Crippen LogP contribution in [0.25, 0.3) is 0 Å². The van der Waals surface area contributed by atoms with Crippen molar-refractivity contribution in [1.82, 2.24) is 4.90 Å². The van der Waals surface area contributed by atoms with Gasteiger partial charge in [0.25, 0.3) is 0 Å². The van der Waals surface area contributed by atoms with Gasteiger partial charge in [-0.2, -0.15) is 0 Å². The molecule has 2 aromatic carbocycles. The van der Waals surface area contributed by atoms with Gasteiger partial charge in [-0.05, 0) is 119 Å². The number of fused-ring (bicyclic) bond motifs is 8. The summed E-state index contributed by atoms with van der Waals surface area (Å²) in [5.74, 6) is -2.48. The maximum atomic E-state index is 14.2. The molecule has 1 aliphatic heterocycles. The number of carbonyl (C=O) groups is 1. The van der Waals surface area contributed by atoms with Crippen LogP contribution in [0.2, 0.25) is 0 Å². The number of halogens is 2. The Kier molecular flexibility index (Phi) is 8.61. The SMILES string of the molecule is CC1=CCCC2(C)C(CCC2(O)CN2CCCCC2)c2ccc(cc2C(=O)c2ccc(F)c(F)c2)CC(O)CC1. The number of nitrogens with zero attached hydrogens (tertiary/aromatic N) is 1. The van der Waals surface area contributed by atoms with Crippen molar-refractivity contribution in [3.8, 4) is 0 Å². The van der Waals surface area contributed by atoms with Gasteiger partial charge in [0.2, 0.25) is 0 Å². The second-order valence-electron chi connectivity index (χ2n) is 12.7. The second kappa shape index (κ2) is 11.8. The lowest BCUT2D eigenvalue weighted by Crippen LogP contribution is -2.53. The first kappa shape index (κ1) is 29.1. The summed E-state index contributed by atoms with van der Waals surface area (Å²) in [5.41, 5.74) is 2.09. The smallest absolute Gasteiger partial charge is 0.193 e. The van der Waals surface area contributed by atoms with Crippen LogP contribution in [0.15, 0.2) is 48.0 Å². The van der Waals surface area contributed by atoms with Crippen LogP contribution >= 0.6 is 0 Å². The van der Waals surface area contributed by atoms with Crippen molar-refractivity contribution in [3.05, 3.63) is 81.9 Å². The Balaban J connectivity index is 1.60. The van der Waals surface area contributed by atoms with Crippen molar-refractivity contribution in [2.75, 3.05) is 19.6 Å². The van der Waals surface area contributed by atoms with Gasteiger partial charge in [-0.25, -0.2) is 8.78 Å². The number of aliphatic hydroxyl groups excluding tert-OH is 1. The number of hydrogen-bond acceptors (Lipinski definition) is 4. The number of hydrogen-bond donors (Lipinski definition) is 2. The molecule has 1 heterocycles. The van der Waals surface area contributed by atoms with E-state index in [1.54, 1.807) is 0 Å². The van der Waals surface area contributed by atoms with Gasteiger partial charge in [0.15, 0.2) is 17.4 Å². The number of ketones is 1. The standard InChI is InChI=1S/C34H43F2NO3/c1-23-7-6-15-33(2)29(14-16-34(33,40)22-37-17-4-3-5-18-37)27-12-9-24(19-26(38)11-8-23)20-28(27)32(39)25-10-13-30(35)31(36)21-25/h7,9-10,12-13,20-21,26,29,38,40H,3-6,8,11,14-19,22H2,1-2H3. The van der Waals surface area contributed by atoms with E-state index >= 15 is 0 Å². The molecule has 3 aliphatic carbocycles. The summed E-state index contributed by atoms with van der Waals surface area (Å²) in [6.07, 6.45) is 10.0. The highest BCUT2D eigenvalue weighted by atomic mass is 19.2. The number of piperidine rings is 1. The molecule has 4 aliphatic rings. The van der Waals surface area contributed by atoms with E-state index in [1.165, 1.54) is 18.1 Å². The van der Waals surface area contributed by atoms with E-state index < -0.39 is 28.8 Å². The zero-order valence-corrected chi connectivity index (χ0v) is 23.9. The van der Waals surface area contributed by atoms with E-state index in [-0.39, 0.29) is 17.3 Å². The zero-order valence-electron chi connectivity index (χ0n) is 23.9. The minimum Gasteiger partial charge on any atom is -0.393 e. The van der Waals surface area contributed by atoms with Crippen molar-refractivity contribution < 1.29 is 23.8 Å². The summed E-state index contributed by atoms with van der Waals surface area (Å²) in [7, 11) is 0. The molecule has 4 atom stereocenters. The molecule has 0 spiro atoms. The summed E-state index contributed by atoms with van der Waals surface area (Å²) >= 11 is 0. The van der Waals surface area contributed by atoms with Gasteiger partial charge >= 0.3 is 0 Å². The van der Waals surface area contributed by atoms with Crippen molar-refractivity contribution in [2.45, 2.75) is 95.7 Å². The first-order valence-corrected chi connectivity index (χ1v) is 15.0. The summed E-state index contributed by atoms with van der Waals surface area (Å²) < 4.78 is 27.9. The fraction of sp³-hybridized carbons (Fsp3) is 0.559. The summed E-state index contributed by atoms with van der Waals surface area (Å²) in [5, 5.41) is 23.2. The minimum absolute atomic E-state index is 0.0813. The summed E-state index contributed by atoms with van der Waals surface area (Å²) in [4.78, 5) is 16.3. The zero-order chi connectivity index (χ0) is 28.5. The average molecular weight is 552 g/mol. The molecule has 2 aromatic rings. The van der Waals surface area contributed by atoms with Crippen LogP contribution in [0, 0.1) is 17.0 Å². The lowest BCUT2D eigenvalue weighted by atomic mass is 9.64. The largest absolute Gasteiger partial charge is 0.393 e. The third kappa shape index (κ3) is 5.81. The number of carbonyl (C=O) groups excluding carboxylic acids is 1. The molecule has 0 aromatic heterocycles. The number of β-amino-alcohol motifs (C(OH)–C–C–N with tert-alkyl or cyclic N) is 1. The molecule has 1 saturated carbocycles. The first-order valence-electron chi connectivity index (χ1n) is 15.0. The van der Waals surface area contributed by atoms with Crippen LogP contribution in [0.3, 0.4) is 0 Å². The van der Waals surface area contributed by atoms with E-state index in [4.69, 9.17) is 0 Å². The van der Waals surface area contributed by atoms with Gasteiger partial charge in [-0.1, -0.05) is 37.1 Å².